The second kappa shape index (κ2) is 8.95. The highest BCUT2D eigenvalue weighted by Crippen LogP contribution is 2.31. The minimum Gasteiger partial charge on any atom is -0.494 e. The van der Waals surface area contributed by atoms with E-state index < -0.39 is 5.91 Å². The third-order valence-corrected chi connectivity index (χ3v) is 4.81. The Labute approximate surface area is 174 Å². The smallest absolute Gasteiger partial charge is 0.276 e. The maximum atomic E-state index is 12.9. The molecule has 3 aromatic rings. The minimum atomic E-state index is -0.583. The van der Waals surface area contributed by atoms with Gasteiger partial charge in [-0.1, -0.05) is 0 Å². The molecule has 0 radical (unpaired) electrons. The summed E-state index contributed by atoms with van der Waals surface area (Å²) in [6, 6.07) is 4.90. The number of aromatic nitrogens is 4. The summed E-state index contributed by atoms with van der Waals surface area (Å²) in [5, 5.41) is 7.20. The van der Waals surface area contributed by atoms with Crippen LogP contribution in [0.5, 0.6) is 5.75 Å². The fourth-order valence-electron chi connectivity index (χ4n) is 3.39. The molecular formula is C20H27N7O3. The van der Waals surface area contributed by atoms with Crippen LogP contribution in [0.4, 0.5) is 5.95 Å². The number of methoxy groups -OCH3 is 1. The van der Waals surface area contributed by atoms with E-state index in [0.717, 1.165) is 18.5 Å². The van der Waals surface area contributed by atoms with Crippen LogP contribution in [-0.2, 0) is 13.1 Å². The van der Waals surface area contributed by atoms with Gasteiger partial charge in [-0.05, 0) is 51.4 Å². The van der Waals surface area contributed by atoms with Crippen LogP contribution >= 0.6 is 0 Å². The number of rotatable bonds is 9. The molecule has 0 unspecified atom stereocenters. The maximum absolute atomic E-state index is 12.9. The number of fused-ring (bicyclic) bond motifs is 1. The molecule has 0 bridgehead atoms. The molecule has 30 heavy (non-hydrogen) atoms. The molecule has 2 amide bonds. The fourth-order valence-corrected chi connectivity index (χ4v) is 3.39. The van der Waals surface area contributed by atoms with E-state index in [1.807, 2.05) is 18.4 Å². The van der Waals surface area contributed by atoms with Crippen molar-refractivity contribution in [1.82, 2.24) is 19.3 Å². The zero-order valence-corrected chi connectivity index (χ0v) is 17.4. The summed E-state index contributed by atoms with van der Waals surface area (Å²) in [7, 11) is 1.51. The second-order valence-electron chi connectivity index (χ2n) is 6.93. The van der Waals surface area contributed by atoms with E-state index in [2.05, 4.69) is 15.4 Å². The lowest BCUT2D eigenvalue weighted by atomic mass is 10.1. The highest BCUT2D eigenvalue weighted by atomic mass is 16.5. The molecule has 10 nitrogen and oxygen atoms in total. The lowest BCUT2D eigenvalue weighted by molar-refractivity contribution is 0.0995. The van der Waals surface area contributed by atoms with E-state index in [0.29, 0.717) is 48.1 Å². The zero-order valence-electron chi connectivity index (χ0n) is 17.4. The van der Waals surface area contributed by atoms with Gasteiger partial charge in [-0.3, -0.25) is 19.6 Å². The summed E-state index contributed by atoms with van der Waals surface area (Å²) < 4.78 is 8.99. The van der Waals surface area contributed by atoms with Gasteiger partial charge in [-0.25, -0.2) is 4.98 Å². The molecule has 2 aromatic heterocycles. The third-order valence-electron chi connectivity index (χ3n) is 4.81. The van der Waals surface area contributed by atoms with Gasteiger partial charge in [0, 0.05) is 18.7 Å². The molecule has 2 heterocycles. The van der Waals surface area contributed by atoms with Gasteiger partial charge < -0.3 is 20.8 Å². The molecule has 0 aliphatic rings. The molecule has 0 fully saturated rings. The number of unbranched alkanes of at least 4 members (excludes halogenated alkanes) is 1. The number of benzene rings is 1. The number of nitrogens with two attached hydrogens (primary N) is 2. The van der Waals surface area contributed by atoms with Gasteiger partial charge in [-0.15, -0.1) is 0 Å². The number of carbonyl (C=O) groups excluding carboxylic acids is 2. The van der Waals surface area contributed by atoms with Gasteiger partial charge >= 0.3 is 0 Å². The van der Waals surface area contributed by atoms with Crippen molar-refractivity contribution in [3.63, 3.8) is 0 Å². The van der Waals surface area contributed by atoms with Crippen LogP contribution in [0.15, 0.2) is 18.2 Å². The number of carbonyl (C=O) groups is 2. The van der Waals surface area contributed by atoms with Crippen LogP contribution in [0.25, 0.3) is 11.0 Å². The number of hydrogen-bond acceptors (Lipinski definition) is 6. The van der Waals surface area contributed by atoms with Gasteiger partial charge in [0.1, 0.15) is 17.0 Å². The third kappa shape index (κ3) is 4.13. The number of imidazole rings is 1. The molecule has 5 N–H and O–H groups in total. The highest BCUT2D eigenvalue weighted by Gasteiger charge is 2.21. The van der Waals surface area contributed by atoms with E-state index in [9.17, 15) is 9.59 Å². The lowest BCUT2D eigenvalue weighted by Gasteiger charge is -2.12. The largest absolute Gasteiger partial charge is 0.494 e. The van der Waals surface area contributed by atoms with Crippen molar-refractivity contribution >= 4 is 28.8 Å². The molecular weight excluding hydrogens is 386 g/mol. The minimum absolute atomic E-state index is 0.281. The van der Waals surface area contributed by atoms with Crippen molar-refractivity contribution in [1.29, 1.82) is 0 Å². The average molecular weight is 413 g/mol. The SMILES string of the molecule is CCn1nc(C)cc1C(=O)Nc1nc2cc(C(N)=O)cc(OC)c2n1CCCCN. The first-order valence-corrected chi connectivity index (χ1v) is 9.83. The van der Waals surface area contributed by atoms with E-state index in [1.165, 1.54) is 7.11 Å². The van der Waals surface area contributed by atoms with E-state index in [1.54, 1.807) is 22.9 Å². The number of aryl methyl sites for hydroxylation is 3. The zero-order chi connectivity index (χ0) is 21.8. The number of ether oxygens (including phenoxy) is 1. The molecule has 160 valence electrons. The van der Waals surface area contributed by atoms with Crippen molar-refractivity contribution in [3.8, 4) is 5.75 Å². The van der Waals surface area contributed by atoms with Crippen LogP contribution in [0.3, 0.4) is 0 Å². The topological polar surface area (TPSA) is 143 Å². The Balaban J connectivity index is 2.08. The van der Waals surface area contributed by atoms with Gasteiger partial charge in [0.15, 0.2) is 0 Å². The molecule has 1 aromatic carbocycles. The maximum Gasteiger partial charge on any atom is 0.276 e. The molecule has 10 heteroatoms. The normalized spacial score (nSPS) is 11.1. The summed E-state index contributed by atoms with van der Waals surface area (Å²) in [6.45, 7) is 5.45. The number of nitrogens with zero attached hydrogens (tertiary/aromatic N) is 4. The van der Waals surface area contributed by atoms with Gasteiger partial charge in [0.25, 0.3) is 5.91 Å². The molecule has 0 aliphatic heterocycles. The summed E-state index contributed by atoms with van der Waals surface area (Å²) in [5.74, 6) is -0.0901. The highest BCUT2D eigenvalue weighted by molar-refractivity contribution is 6.04. The Morgan fingerprint density at radius 3 is 2.63 bits per heavy atom. The Morgan fingerprint density at radius 2 is 2.00 bits per heavy atom. The van der Waals surface area contributed by atoms with Crippen LogP contribution < -0.4 is 21.5 Å². The fraction of sp³-hybridized carbons (Fsp3) is 0.400. The summed E-state index contributed by atoms with van der Waals surface area (Å²) in [6.07, 6.45) is 1.61. The molecule has 0 saturated heterocycles. The van der Waals surface area contributed by atoms with Gasteiger partial charge in [0.05, 0.1) is 18.3 Å². The molecule has 0 atom stereocenters. The number of primary amides is 1. The van der Waals surface area contributed by atoms with Crippen molar-refractivity contribution in [2.45, 2.75) is 39.8 Å². The number of nitrogens with one attached hydrogen (secondary N) is 1. The van der Waals surface area contributed by atoms with Crippen LogP contribution in [0.2, 0.25) is 0 Å². The standard InChI is InChI=1S/C20H27N7O3/c1-4-27-15(9-12(2)25-27)19(29)24-20-23-14-10-13(18(22)28)11-16(30-3)17(14)26(20)8-6-5-7-21/h9-11H,4-8,21H2,1-3H3,(H2,22,28)(H,23,24,29). The molecule has 0 spiro atoms. The van der Waals surface area contributed by atoms with E-state index in [-0.39, 0.29) is 11.5 Å². The predicted molar refractivity (Wildman–Crippen MR) is 114 cm³/mol. The lowest BCUT2D eigenvalue weighted by Crippen LogP contribution is -2.20. The Morgan fingerprint density at radius 1 is 1.23 bits per heavy atom. The van der Waals surface area contributed by atoms with Gasteiger partial charge in [0.2, 0.25) is 11.9 Å². The van der Waals surface area contributed by atoms with E-state index in [4.69, 9.17) is 16.2 Å². The van der Waals surface area contributed by atoms with Crippen LogP contribution in [0.1, 0.15) is 46.3 Å². The van der Waals surface area contributed by atoms with Crippen molar-refractivity contribution in [3.05, 3.63) is 35.2 Å². The first-order chi connectivity index (χ1) is 14.4. The average Bonchev–Trinajstić information content (AvgIpc) is 3.27. The number of amides is 2. The number of hydrogen-bond donors (Lipinski definition) is 3. The molecule has 3 rings (SSSR count). The summed E-state index contributed by atoms with van der Waals surface area (Å²) in [4.78, 5) is 29.2. The Hall–Kier alpha value is -3.40. The predicted octanol–water partition coefficient (Wildman–Crippen LogP) is 1.66. The van der Waals surface area contributed by atoms with Crippen LogP contribution in [-0.4, -0.2) is 44.8 Å². The first kappa shape index (κ1) is 21.3. The summed E-state index contributed by atoms with van der Waals surface area (Å²) in [5.41, 5.74) is 13.7. The van der Waals surface area contributed by atoms with Crippen molar-refractivity contribution in [2.75, 3.05) is 19.0 Å². The number of anilines is 1. The second-order valence-corrected chi connectivity index (χ2v) is 6.93. The Kier molecular flexibility index (Phi) is 6.36. The van der Waals surface area contributed by atoms with Crippen molar-refractivity contribution in [2.24, 2.45) is 11.5 Å². The monoisotopic (exact) mass is 413 g/mol. The first-order valence-electron chi connectivity index (χ1n) is 9.83. The molecule has 0 aliphatic carbocycles. The summed E-state index contributed by atoms with van der Waals surface area (Å²) >= 11 is 0. The Bertz CT molecular complexity index is 1080. The van der Waals surface area contributed by atoms with Gasteiger partial charge in [-0.2, -0.15) is 5.10 Å². The van der Waals surface area contributed by atoms with Crippen LogP contribution in [0, 0.1) is 6.92 Å². The molecule has 0 saturated carbocycles. The van der Waals surface area contributed by atoms with Crippen molar-refractivity contribution < 1.29 is 14.3 Å². The van der Waals surface area contributed by atoms with E-state index >= 15 is 0 Å². The quantitative estimate of drug-likeness (QED) is 0.455.